The zero-order valence-corrected chi connectivity index (χ0v) is 30.2. The van der Waals surface area contributed by atoms with Gasteiger partial charge in [-0.2, -0.15) is 0 Å². The predicted molar refractivity (Wildman–Crippen MR) is 182 cm³/mol. The highest BCUT2D eigenvalue weighted by Gasteiger charge is 2.44. The Morgan fingerprint density at radius 3 is 0.771 bits per heavy atom. The molecular formula is C40H56O8. The standard InChI is InChI=1S/4C10H14O2/c4*1-6-3-4-8-7(2)10(11)12-9(8)5-6/h4*5,7-9H,3-4H2,1-2H3/t2*7-,8+,9?;2*7-,8-,9?/m1010/s1. The lowest BCUT2D eigenvalue weighted by atomic mass is 9.82. The molecule has 8 aliphatic rings. The van der Waals surface area contributed by atoms with Crippen LogP contribution >= 0.6 is 0 Å². The van der Waals surface area contributed by atoms with Crippen LogP contribution < -0.4 is 0 Å². The lowest BCUT2D eigenvalue weighted by Crippen LogP contribution is -2.21. The lowest BCUT2D eigenvalue weighted by Gasteiger charge is -2.22. The van der Waals surface area contributed by atoms with Crippen LogP contribution in [0.4, 0.5) is 0 Å². The van der Waals surface area contributed by atoms with E-state index in [1.165, 1.54) is 22.3 Å². The average molecular weight is 665 g/mol. The van der Waals surface area contributed by atoms with Gasteiger partial charge in [-0.05, 0) is 103 Å². The number of fused-ring (bicyclic) bond motifs is 4. The summed E-state index contributed by atoms with van der Waals surface area (Å²) in [7, 11) is 0. The second-order valence-corrected chi connectivity index (χ2v) is 15.6. The molecule has 0 spiro atoms. The molecule has 0 N–H and O–H groups in total. The summed E-state index contributed by atoms with van der Waals surface area (Å²) >= 11 is 0. The maximum atomic E-state index is 11.2. The number of rotatable bonds is 0. The van der Waals surface area contributed by atoms with Crippen LogP contribution in [0.5, 0.6) is 0 Å². The molecule has 0 aromatic carbocycles. The Morgan fingerprint density at radius 2 is 0.583 bits per heavy atom. The number of esters is 4. The maximum absolute atomic E-state index is 11.2. The number of carbonyl (C=O) groups is 4. The van der Waals surface area contributed by atoms with Gasteiger partial charge in [0, 0.05) is 23.7 Å². The minimum Gasteiger partial charge on any atom is -0.458 e. The van der Waals surface area contributed by atoms with E-state index in [9.17, 15) is 19.2 Å². The van der Waals surface area contributed by atoms with Gasteiger partial charge in [0.15, 0.2) is 0 Å². The third-order valence-corrected chi connectivity index (χ3v) is 12.0. The predicted octanol–water partition coefficient (Wildman–Crippen LogP) is 7.62. The lowest BCUT2D eigenvalue weighted by molar-refractivity contribution is -0.143. The van der Waals surface area contributed by atoms with E-state index in [0.717, 1.165) is 51.4 Å². The molecule has 8 nitrogen and oxygen atoms in total. The van der Waals surface area contributed by atoms with Gasteiger partial charge in [-0.25, -0.2) is 0 Å². The fourth-order valence-corrected chi connectivity index (χ4v) is 8.47. The van der Waals surface area contributed by atoms with E-state index in [2.05, 4.69) is 52.0 Å². The maximum Gasteiger partial charge on any atom is 0.309 e. The molecule has 4 unspecified atom stereocenters. The van der Waals surface area contributed by atoms with E-state index in [1.54, 1.807) is 0 Å². The Kier molecular flexibility index (Phi) is 11.4. The van der Waals surface area contributed by atoms with E-state index in [0.29, 0.717) is 23.7 Å². The van der Waals surface area contributed by atoms with Gasteiger partial charge in [-0.1, -0.05) is 50.0 Å². The fourth-order valence-electron chi connectivity index (χ4n) is 8.47. The van der Waals surface area contributed by atoms with Gasteiger partial charge < -0.3 is 18.9 Å². The van der Waals surface area contributed by atoms with Crippen LogP contribution in [-0.4, -0.2) is 48.3 Å². The normalized spacial score (nSPS) is 40.3. The SMILES string of the molecule is CC1=CC2OC(=O)[C@@H](C)[C@@H]2CC1.CC1=CC2OC(=O)[C@@H](C)[C@H]2CC1.CC1=CC2OC(=O)[C@H](C)[C@@H]2CC1.CC1=CC2OC(=O)[C@H](C)[C@H]2CC1. The fraction of sp³-hybridized carbons (Fsp3) is 0.700. The minimum atomic E-state index is -0.0176. The molecule has 0 aromatic heterocycles. The molecule has 8 heteroatoms. The van der Waals surface area contributed by atoms with E-state index >= 15 is 0 Å². The first-order valence-corrected chi connectivity index (χ1v) is 18.2. The number of hydrogen-bond acceptors (Lipinski definition) is 8. The summed E-state index contributed by atoms with van der Waals surface area (Å²) in [4.78, 5) is 44.8. The Balaban J connectivity index is 0.000000125. The summed E-state index contributed by atoms with van der Waals surface area (Å²) in [6.45, 7) is 16.3. The first kappa shape index (κ1) is 36.1. The van der Waals surface area contributed by atoms with Crippen molar-refractivity contribution in [2.45, 2.75) is 131 Å². The van der Waals surface area contributed by atoms with Crippen molar-refractivity contribution in [1.29, 1.82) is 0 Å². The summed E-state index contributed by atoms with van der Waals surface area (Å²) in [6, 6.07) is 0. The van der Waals surface area contributed by atoms with Crippen molar-refractivity contribution in [3.63, 3.8) is 0 Å². The van der Waals surface area contributed by atoms with Crippen molar-refractivity contribution in [1.82, 2.24) is 0 Å². The molecule has 0 amide bonds. The van der Waals surface area contributed by atoms with Gasteiger partial charge in [-0.15, -0.1) is 0 Å². The van der Waals surface area contributed by atoms with Crippen LogP contribution in [0.2, 0.25) is 0 Å². The van der Waals surface area contributed by atoms with Crippen molar-refractivity contribution in [3.8, 4) is 0 Å². The summed E-state index contributed by atoms with van der Waals surface area (Å²) < 4.78 is 20.9. The third kappa shape index (κ3) is 8.00. The number of carbonyl (C=O) groups excluding carboxylic acids is 4. The number of hydrogen-bond donors (Lipinski definition) is 0. The Bertz CT molecular complexity index is 1180. The Hall–Kier alpha value is -3.16. The van der Waals surface area contributed by atoms with Crippen molar-refractivity contribution in [2.24, 2.45) is 47.3 Å². The van der Waals surface area contributed by atoms with Crippen molar-refractivity contribution < 1.29 is 38.1 Å². The highest BCUT2D eigenvalue weighted by atomic mass is 16.6. The topological polar surface area (TPSA) is 105 Å². The molecule has 4 heterocycles. The molecule has 8 rings (SSSR count). The molecule has 4 fully saturated rings. The van der Waals surface area contributed by atoms with Gasteiger partial charge in [-0.3, -0.25) is 19.2 Å². The van der Waals surface area contributed by atoms with Gasteiger partial charge >= 0.3 is 23.9 Å². The zero-order chi connectivity index (χ0) is 34.9. The van der Waals surface area contributed by atoms with Gasteiger partial charge in [0.25, 0.3) is 0 Å². The Morgan fingerprint density at radius 1 is 0.396 bits per heavy atom. The van der Waals surface area contributed by atoms with Crippen molar-refractivity contribution >= 4 is 23.9 Å². The average Bonchev–Trinajstić information content (AvgIpc) is 3.69. The Labute approximate surface area is 286 Å². The minimum absolute atomic E-state index is 0.0176. The molecule has 264 valence electrons. The zero-order valence-electron chi connectivity index (χ0n) is 30.2. The molecule has 0 saturated carbocycles. The van der Waals surface area contributed by atoms with Crippen LogP contribution in [0.15, 0.2) is 46.6 Å². The van der Waals surface area contributed by atoms with Crippen LogP contribution in [0.1, 0.15) is 107 Å². The molecule has 48 heavy (non-hydrogen) atoms. The second-order valence-electron chi connectivity index (χ2n) is 15.6. The molecule has 0 aromatic rings. The first-order chi connectivity index (χ1) is 22.7. The van der Waals surface area contributed by atoms with E-state index in [-0.39, 0.29) is 72.0 Å². The van der Waals surface area contributed by atoms with E-state index in [4.69, 9.17) is 18.9 Å². The smallest absolute Gasteiger partial charge is 0.309 e. The van der Waals surface area contributed by atoms with Crippen LogP contribution in [0.3, 0.4) is 0 Å². The highest BCUT2D eigenvalue weighted by Crippen LogP contribution is 2.40. The van der Waals surface area contributed by atoms with Crippen LogP contribution in [0.25, 0.3) is 0 Å². The van der Waals surface area contributed by atoms with E-state index < -0.39 is 0 Å². The summed E-state index contributed by atoms with van der Waals surface area (Å²) in [5, 5.41) is 0. The molecule has 0 bridgehead atoms. The second kappa shape index (κ2) is 15.2. The first-order valence-electron chi connectivity index (χ1n) is 18.2. The monoisotopic (exact) mass is 664 g/mol. The molecular weight excluding hydrogens is 608 g/mol. The van der Waals surface area contributed by atoms with Crippen molar-refractivity contribution in [3.05, 3.63) is 46.6 Å². The van der Waals surface area contributed by atoms with Gasteiger partial charge in [0.1, 0.15) is 24.4 Å². The molecule has 4 saturated heterocycles. The number of allylic oxidation sites excluding steroid dienone is 4. The van der Waals surface area contributed by atoms with Crippen LogP contribution in [0, 0.1) is 47.3 Å². The quantitative estimate of drug-likeness (QED) is 0.148. The largest absolute Gasteiger partial charge is 0.458 e. The van der Waals surface area contributed by atoms with Gasteiger partial charge in [0.2, 0.25) is 0 Å². The summed E-state index contributed by atoms with van der Waals surface area (Å²) in [5.41, 5.74) is 5.44. The van der Waals surface area contributed by atoms with E-state index in [1.807, 2.05) is 27.7 Å². The third-order valence-electron chi connectivity index (χ3n) is 12.0. The summed E-state index contributed by atoms with van der Waals surface area (Å²) in [5.74, 6) is 2.15. The molecule has 12 atom stereocenters. The molecule has 4 aliphatic heterocycles. The van der Waals surface area contributed by atoms with Gasteiger partial charge in [0.05, 0.1) is 23.7 Å². The van der Waals surface area contributed by atoms with Crippen molar-refractivity contribution in [2.75, 3.05) is 0 Å². The number of ether oxygens (including phenoxy) is 4. The molecule has 0 radical (unpaired) electrons. The van der Waals surface area contributed by atoms with Crippen LogP contribution in [-0.2, 0) is 38.1 Å². The molecule has 4 aliphatic carbocycles. The summed E-state index contributed by atoms with van der Waals surface area (Å²) in [6.07, 6.45) is 17.7. The highest BCUT2D eigenvalue weighted by molar-refractivity contribution is 5.76.